The normalized spacial score (nSPS) is 11.2. The number of para-hydroxylation sites is 2. The third kappa shape index (κ3) is 3.91. The predicted molar refractivity (Wildman–Crippen MR) is 123 cm³/mol. The van der Waals surface area contributed by atoms with Crippen molar-refractivity contribution in [3.05, 3.63) is 115 Å². The minimum absolute atomic E-state index is 0.177. The minimum atomic E-state index is -0.720. The van der Waals surface area contributed by atoms with Gasteiger partial charge in [0.05, 0.1) is 27.1 Å². The fraction of sp³-hybridized carbons (Fsp3) is 0. The van der Waals surface area contributed by atoms with Gasteiger partial charge >= 0.3 is 5.69 Å². The second-order valence-electron chi connectivity index (χ2n) is 6.50. The average molecular weight is 452 g/mol. The second kappa shape index (κ2) is 8.63. The topological polar surface area (TPSA) is 76.6 Å². The first-order valence-corrected chi connectivity index (χ1v) is 9.94. The van der Waals surface area contributed by atoms with Gasteiger partial charge in [0, 0.05) is 6.21 Å². The van der Waals surface area contributed by atoms with Crippen LogP contribution in [0.2, 0.25) is 10.0 Å². The van der Waals surface area contributed by atoms with Crippen LogP contribution in [0.1, 0.15) is 5.56 Å². The molecule has 0 aliphatic carbocycles. The molecule has 3 aromatic carbocycles. The maximum Gasteiger partial charge on any atom is 0.343 e. The van der Waals surface area contributed by atoms with Crippen LogP contribution in [0.5, 0.6) is 5.88 Å². The third-order valence-corrected chi connectivity index (χ3v) is 5.37. The van der Waals surface area contributed by atoms with Gasteiger partial charge in [-0.3, -0.25) is 9.79 Å². The highest BCUT2D eigenvalue weighted by atomic mass is 35.5. The standard InChI is InChI=1S/C23H15Cl2N3O3/c24-18-12-7-13-19(20(18)25)26-14-17-21(29)27(15-8-3-1-4-9-15)23(31)28(22(17)30)16-10-5-2-6-11-16/h1-14,29H. The van der Waals surface area contributed by atoms with Gasteiger partial charge in [0.15, 0.2) is 0 Å². The first kappa shape index (κ1) is 20.7. The van der Waals surface area contributed by atoms with Gasteiger partial charge in [-0.1, -0.05) is 65.7 Å². The number of aliphatic imine (C=N–C) groups is 1. The Morgan fingerprint density at radius 3 is 1.97 bits per heavy atom. The molecule has 31 heavy (non-hydrogen) atoms. The lowest BCUT2D eigenvalue weighted by atomic mass is 10.2. The number of halogens is 2. The maximum atomic E-state index is 13.2. The van der Waals surface area contributed by atoms with Crippen LogP contribution < -0.4 is 11.2 Å². The van der Waals surface area contributed by atoms with Gasteiger partial charge in [0.2, 0.25) is 5.88 Å². The predicted octanol–water partition coefficient (Wildman–Crippen LogP) is 4.75. The zero-order chi connectivity index (χ0) is 22.0. The van der Waals surface area contributed by atoms with E-state index in [4.69, 9.17) is 23.2 Å². The molecule has 6 nitrogen and oxygen atoms in total. The molecule has 0 saturated carbocycles. The second-order valence-corrected chi connectivity index (χ2v) is 7.28. The van der Waals surface area contributed by atoms with Crippen LogP contribution in [0, 0.1) is 0 Å². The number of hydrogen-bond donors (Lipinski definition) is 1. The van der Waals surface area contributed by atoms with E-state index in [1.54, 1.807) is 78.9 Å². The monoisotopic (exact) mass is 451 g/mol. The number of benzene rings is 3. The minimum Gasteiger partial charge on any atom is -0.493 e. The van der Waals surface area contributed by atoms with Gasteiger partial charge in [-0.2, -0.15) is 0 Å². The van der Waals surface area contributed by atoms with Crippen molar-refractivity contribution in [2.75, 3.05) is 0 Å². The molecular formula is C23H15Cl2N3O3. The van der Waals surface area contributed by atoms with E-state index >= 15 is 0 Å². The highest BCUT2D eigenvalue weighted by Gasteiger charge is 2.20. The lowest BCUT2D eigenvalue weighted by Gasteiger charge is -2.14. The summed E-state index contributed by atoms with van der Waals surface area (Å²) in [5.74, 6) is -0.532. The summed E-state index contributed by atoms with van der Waals surface area (Å²) in [5.41, 5.74) is -0.539. The summed E-state index contributed by atoms with van der Waals surface area (Å²) < 4.78 is 2.03. The number of aromatic hydroxyl groups is 1. The molecule has 1 aromatic heterocycles. The largest absolute Gasteiger partial charge is 0.493 e. The zero-order valence-electron chi connectivity index (χ0n) is 15.9. The zero-order valence-corrected chi connectivity index (χ0v) is 17.5. The van der Waals surface area contributed by atoms with E-state index in [0.717, 1.165) is 9.13 Å². The Bertz CT molecular complexity index is 1400. The van der Waals surface area contributed by atoms with Gasteiger partial charge in [0.25, 0.3) is 5.56 Å². The van der Waals surface area contributed by atoms with E-state index in [9.17, 15) is 14.7 Å². The van der Waals surface area contributed by atoms with Crippen molar-refractivity contribution >= 4 is 35.1 Å². The van der Waals surface area contributed by atoms with Crippen molar-refractivity contribution in [1.82, 2.24) is 9.13 Å². The van der Waals surface area contributed by atoms with Gasteiger partial charge < -0.3 is 5.11 Å². The van der Waals surface area contributed by atoms with Crippen molar-refractivity contribution in [3.8, 4) is 17.3 Å². The molecule has 1 N–H and O–H groups in total. The molecule has 154 valence electrons. The molecule has 0 spiro atoms. The quantitative estimate of drug-likeness (QED) is 0.454. The summed E-state index contributed by atoms with van der Waals surface area (Å²) in [6, 6.07) is 21.9. The fourth-order valence-corrected chi connectivity index (χ4v) is 3.41. The molecule has 0 unspecified atom stereocenters. The first-order chi connectivity index (χ1) is 15.0. The average Bonchev–Trinajstić information content (AvgIpc) is 2.78. The molecule has 4 aromatic rings. The number of nitrogens with zero attached hydrogens (tertiary/aromatic N) is 3. The maximum absolute atomic E-state index is 13.2. The molecule has 0 fully saturated rings. The molecular weight excluding hydrogens is 437 g/mol. The summed E-state index contributed by atoms with van der Waals surface area (Å²) in [5, 5.41) is 11.4. The summed E-state index contributed by atoms with van der Waals surface area (Å²) in [4.78, 5) is 30.7. The Balaban J connectivity index is 2.01. The van der Waals surface area contributed by atoms with Crippen LogP contribution in [0.3, 0.4) is 0 Å². The molecule has 0 radical (unpaired) electrons. The van der Waals surface area contributed by atoms with Crippen LogP contribution in [-0.2, 0) is 0 Å². The number of aromatic nitrogens is 2. The van der Waals surface area contributed by atoms with E-state index in [1.165, 1.54) is 6.21 Å². The van der Waals surface area contributed by atoms with Gasteiger partial charge in [-0.05, 0) is 36.4 Å². The SMILES string of the molecule is O=c1c(C=Nc2cccc(Cl)c2Cl)c(O)n(-c2ccccc2)c(=O)n1-c1ccccc1. The molecule has 0 aliphatic heterocycles. The van der Waals surface area contributed by atoms with Crippen molar-refractivity contribution in [3.63, 3.8) is 0 Å². The Kier molecular flexibility index (Phi) is 5.75. The number of rotatable bonds is 4. The lowest BCUT2D eigenvalue weighted by molar-refractivity contribution is 0.427. The van der Waals surface area contributed by atoms with E-state index in [-0.39, 0.29) is 10.6 Å². The van der Waals surface area contributed by atoms with E-state index in [0.29, 0.717) is 22.1 Å². The fourth-order valence-electron chi connectivity index (χ4n) is 3.07. The van der Waals surface area contributed by atoms with Crippen molar-refractivity contribution in [2.24, 2.45) is 4.99 Å². The Morgan fingerprint density at radius 2 is 1.35 bits per heavy atom. The molecule has 1 heterocycles. The van der Waals surface area contributed by atoms with Crippen LogP contribution in [0.25, 0.3) is 11.4 Å². The highest BCUT2D eigenvalue weighted by molar-refractivity contribution is 6.43. The Hall–Kier alpha value is -3.61. The van der Waals surface area contributed by atoms with Crippen molar-refractivity contribution < 1.29 is 5.11 Å². The van der Waals surface area contributed by atoms with Crippen molar-refractivity contribution in [1.29, 1.82) is 0 Å². The number of hydrogen-bond acceptors (Lipinski definition) is 4. The third-order valence-electron chi connectivity index (χ3n) is 4.56. The molecule has 4 rings (SSSR count). The Labute approximate surface area is 186 Å². The van der Waals surface area contributed by atoms with E-state index in [2.05, 4.69) is 4.99 Å². The molecule has 0 amide bonds. The van der Waals surface area contributed by atoms with Gasteiger partial charge in [0.1, 0.15) is 5.56 Å². The van der Waals surface area contributed by atoms with E-state index in [1.807, 2.05) is 0 Å². The van der Waals surface area contributed by atoms with Crippen LogP contribution >= 0.6 is 23.2 Å². The molecule has 8 heteroatoms. The molecule has 0 bridgehead atoms. The molecule has 0 saturated heterocycles. The highest BCUT2D eigenvalue weighted by Crippen LogP contribution is 2.31. The molecule has 0 atom stereocenters. The van der Waals surface area contributed by atoms with Crippen LogP contribution in [0.15, 0.2) is 93.4 Å². The van der Waals surface area contributed by atoms with Crippen molar-refractivity contribution in [2.45, 2.75) is 0 Å². The van der Waals surface area contributed by atoms with E-state index < -0.39 is 17.1 Å². The summed E-state index contributed by atoms with van der Waals surface area (Å²) in [7, 11) is 0. The van der Waals surface area contributed by atoms with Crippen LogP contribution in [-0.4, -0.2) is 20.5 Å². The molecule has 0 aliphatic rings. The summed E-state index contributed by atoms with van der Waals surface area (Å²) in [6.45, 7) is 0. The lowest BCUT2D eigenvalue weighted by Crippen LogP contribution is -2.40. The van der Waals surface area contributed by atoms with Crippen LogP contribution in [0.4, 0.5) is 5.69 Å². The summed E-state index contributed by atoms with van der Waals surface area (Å²) >= 11 is 12.2. The first-order valence-electron chi connectivity index (χ1n) is 9.19. The van der Waals surface area contributed by atoms with Gasteiger partial charge in [-0.25, -0.2) is 13.9 Å². The Morgan fingerprint density at radius 1 is 0.774 bits per heavy atom. The summed E-state index contributed by atoms with van der Waals surface area (Å²) in [6.07, 6.45) is 1.17. The smallest absolute Gasteiger partial charge is 0.343 e. The van der Waals surface area contributed by atoms with Gasteiger partial charge in [-0.15, -0.1) is 0 Å².